The fraction of sp³-hybridized carbons (Fsp3) is 0.643. The average Bonchev–Trinajstić information content (AvgIpc) is 3.01. The van der Waals surface area contributed by atoms with Gasteiger partial charge < -0.3 is 0 Å². The molecule has 0 aliphatic carbocycles. The van der Waals surface area contributed by atoms with Crippen molar-refractivity contribution in [1.29, 1.82) is 0 Å². The molecule has 0 aliphatic rings. The molecule has 2 rings (SSSR count). The summed E-state index contributed by atoms with van der Waals surface area (Å²) >= 11 is 0. The number of nitrogens with zero attached hydrogens (tertiary/aromatic N) is 5. The molecule has 0 aliphatic heterocycles. The highest BCUT2D eigenvalue weighted by Crippen LogP contribution is 2.22. The lowest BCUT2D eigenvalue weighted by atomic mass is 10.1. The Kier molecular flexibility index (Phi) is 4.35. The fourth-order valence-corrected chi connectivity index (χ4v) is 2.07. The van der Waals surface area contributed by atoms with Crippen LogP contribution in [-0.2, 0) is 13.1 Å². The molecule has 0 spiro atoms. The molecular weight excluding hydrogens is 238 g/mol. The van der Waals surface area contributed by atoms with Gasteiger partial charge >= 0.3 is 0 Å². The molecule has 2 heterocycles. The van der Waals surface area contributed by atoms with Gasteiger partial charge in [0, 0.05) is 13.1 Å². The Morgan fingerprint density at radius 3 is 2.63 bits per heavy atom. The summed E-state index contributed by atoms with van der Waals surface area (Å²) in [6.07, 6.45) is 3.91. The third-order valence-corrected chi connectivity index (χ3v) is 3.26. The maximum absolute atomic E-state index is 4.64. The molecule has 0 amide bonds. The van der Waals surface area contributed by atoms with E-state index in [1.165, 1.54) is 0 Å². The second kappa shape index (κ2) is 5.99. The van der Waals surface area contributed by atoms with E-state index in [-0.39, 0.29) is 0 Å². The second-order valence-electron chi connectivity index (χ2n) is 5.09. The molecule has 0 unspecified atom stereocenters. The first-order chi connectivity index (χ1) is 9.17. The summed E-state index contributed by atoms with van der Waals surface area (Å²) < 4.78 is 4.00. The zero-order chi connectivity index (χ0) is 13.8. The lowest BCUT2D eigenvalue weighted by Gasteiger charge is -2.06. The SMILES string of the molecule is CCCCn1ncnc1-c1cc(C(C)C)nn1CC. The van der Waals surface area contributed by atoms with Crippen molar-refractivity contribution in [3.63, 3.8) is 0 Å². The molecule has 0 atom stereocenters. The number of hydrogen-bond donors (Lipinski definition) is 0. The van der Waals surface area contributed by atoms with Gasteiger partial charge in [-0.1, -0.05) is 27.2 Å². The Morgan fingerprint density at radius 1 is 1.21 bits per heavy atom. The first-order valence-electron chi connectivity index (χ1n) is 7.13. The number of unbranched alkanes of at least 4 members (excludes halogenated alkanes) is 1. The molecule has 0 N–H and O–H groups in total. The highest BCUT2D eigenvalue weighted by atomic mass is 15.4. The van der Waals surface area contributed by atoms with Crippen molar-refractivity contribution >= 4 is 0 Å². The maximum atomic E-state index is 4.64. The van der Waals surface area contributed by atoms with Crippen molar-refractivity contribution in [2.45, 2.75) is 59.5 Å². The van der Waals surface area contributed by atoms with Crippen LogP contribution in [0.15, 0.2) is 12.4 Å². The largest absolute Gasteiger partial charge is 0.262 e. The minimum atomic E-state index is 0.429. The normalized spacial score (nSPS) is 11.4. The van der Waals surface area contributed by atoms with Crippen LogP contribution in [0.2, 0.25) is 0 Å². The van der Waals surface area contributed by atoms with E-state index in [1.54, 1.807) is 6.33 Å². The topological polar surface area (TPSA) is 48.5 Å². The van der Waals surface area contributed by atoms with Gasteiger partial charge in [0.1, 0.15) is 12.0 Å². The molecular formula is C14H23N5. The molecule has 5 heteroatoms. The van der Waals surface area contributed by atoms with Crippen molar-refractivity contribution < 1.29 is 0 Å². The molecule has 0 bridgehead atoms. The van der Waals surface area contributed by atoms with E-state index in [0.29, 0.717) is 5.92 Å². The third kappa shape index (κ3) is 2.85. The summed E-state index contributed by atoms with van der Waals surface area (Å²) in [6, 6.07) is 2.14. The van der Waals surface area contributed by atoms with E-state index in [2.05, 4.69) is 48.9 Å². The van der Waals surface area contributed by atoms with Gasteiger partial charge in [-0.05, 0) is 25.3 Å². The molecule has 0 radical (unpaired) electrons. The quantitative estimate of drug-likeness (QED) is 0.803. The van der Waals surface area contributed by atoms with Gasteiger partial charge in [0.25, 0.3) is 0 Å². The molecule has 0 fully saturated rings. The molecule has 5 nitrogen and oxygen atoms in total. The molecule has 0 saturated carbocycles. The van der Waals surface area contributed by atoms with Crippen LogP contribution in [0, 0.1) is 0 Å². The van der Waals surface area contributed by atoms with Gasteiger partial charge in [-0.15, -0.1) is 0 Å². The van der Waals surface area contributed by atoms with Crippen molar-refractivity contribution in [2.24, 2.45) is 0 Å². The standard InChI is InChI=1S/C14H23N5/c1-5-7-8-19-14(15-10-16-19)13-9-12(11(3)4)17-18(13)6-2/h9-11H,5-8H2,1-4H3. The number of rotatable bonds is 6. The predicted octanol–water partition coefficient (Wildman–Crippen LogP) is 3.09. The Morgan fingerprint density at radius 2 is 2.00 bits per heavy atom. The molecule has 19 heavy (non-hydrogen) atoms. The Hall–Kier alpha value is -1.65. The number of hydrogen-bond acceptors (Lipinski definition) is 3. The van der Waals surface area contributed by atoms with Crippen LogP contribution in [0.4, 0.5) is 0 Å². The minimum Gasteiger partial charge on any atom is -0.262 e. The molecule has 104 valence electrons. The van der Waals surface area contributed by atoms with E-state index >= 15 is 0 Å². The highest BCUT2D eigenvalue weighted by Gasteiger charge is 2.15. The zero-order valence-electron chi connectivity index (χ0n) is 12.3. The summed E-state index contributed by atoms with van der Waals surface area (Å²) in [5.74, 6) is 1.35. The fourth-order valence-electron chi connectivity index (χ4n) is 2.07. The summed E-state index contributed by atoms with van der Waals surface area (Å²) in [7, 11) is 0. The van der Waals surface area contributed by atoms with Crippen molar-refractivity contribution in [3.8, 4) is 11.5 Å². The van der Waals surface area contributed by atoms with Gasteiger partial charge in [-0.3, -0.25) is 4.68 Å². The van der Waals surface area contributed by atoms with E-state index in [1.807, 2.05) is 9.36 Å². The van der Waals surface area contributed by atoms with Crippen LogP contribution in [-0.4, -0.2) is 24.5 Å². The first-order valence-corrected chi connectivity index (χ1v) is 7.13. The monoisotopic (exact) mass is 261 g/mol. The van der Waals surface area contributed by atoms with Crippen molar-refractivity contribution in [2.75, 3.05) is 0 Å². The predicted molar refractivity (Wildman–Crippen MR) is 75.9 cm³/mol. The van der Waals surface area contributed by atoms with Gasteiger partial charge in [-0.25, -0.2) is 9.67 Å². The Balaban J connectivity index is 2.37. The lowest BCUT2D eigenvalue weighted by molar-refractivity contribution is 0.568. The van der Waals surface area contributed by atoms with Gasteiger partial charge in [0.2, 0.25) is 0 Å². The lowest BCUT2D eigenvalue weighted by Crippen LogP contribution is -2.07. The molecule has 0 aromatic carbocycles. The second-order valence-corrected chi connectivity index (χ2v) is 5.09. The smallest absolute Gasteiger partial charge is 0.176 e. The zero-order valence-corrected chi connectivity index (χ0v) is 12.3. The highest BCUT2D eigenvalue weighted by molar-refractivity contribution is 5.50. The molecule has 0 saturated heterocycles. The van der Waals surface area contributed by atoms with Crippen LogP contribution < -0.4 is 0 Å². The summed E-state index contributed by atoms with van der Waals surface area (Å²) in [5.41, 5.74) is 2.18. The van der Waals surface area contributed by atoms with Crippen LogP contribution in [0.1, 0.15) is 52.1 Å². The summed E-state index contributed by atoms with van der Waals surface area (Å²) in [4.78, 5) is 4.41. The van der Waals surface area contributed by atoms with E-state index < -0.39 is 0 Å². The third-order valence-electron chi connectivity index (χ3n) is 3.26. The van der Waals surface area contributed by atoms with Gasteiger partial charge in [0.05, 0.1) is 5.69 Å². The Bertz CT molecular complexity index is 524. The minimum absolute atomic E-state index is 0.429. The molecule has 2 aromatic rings. The van der Waals surface area contributed by atoms with Crippen LogP contribution in [0.3, 0.4) is 0 Å². The number of aromatic nitrogens is 5. The van der Waals surface area contributed by atoms with Gasteiger partial charge in [0.15, 0.2) is 5.82 Å². The summed E-state index contributed by atoms with van der Waals surface area (Å²) in [6.45, 7) is 10.4. The van der Waals surface area contributed by atoms with E-state index in [4.69, 9.17) is 0 Å². The molecule has 2 aromatic heterocycles. The van der Waals surface area contributed by atoms with Crippen LogP contribution in [0.5, 0.6) is 0 Å². The first kappa shape index (κ1) is 13.8. The van der Waals surface area contributed by atoms with Crippen LogP contribution >= 0.6 is 0 Å². The Labute approximate surface area is 114 Å². The number of aryl methyl sites for hydroxylation is 2. The van der Waals surface area contributed by atoms with Crippen molar-refractivity contribution in [1.82, 2.24) is 24.5 Å². The van der Waals surface area contributed by atoms with Crippen LogP contribution in [0.25, 0.3) is 11.5 Å². The van der Waals surface area contributed by atoms with E-state index in [0.717, 1.165) is 43.1 Å². The summed E-state index contributed by atoms with van der Waals surface area (Å²) in [5, 5.41) is 8.97. The van der Waals surface area contributed by atoms with E-state index in [9.17, 15) is 0 Å². The average molecular weight is 261 g/mol. The van der Waals surface area contributed by atoms with Gasteiger partial charge in [-0.2, -0.15) is 10.2 Å². The maximum Gasteiger partial charge on any atom is 0.176 e. The van der Waals surface area contributed by atoms with Crippen molar-refractivity contribution in [3.05, 3.63) is 18.1 Å².